The van der Waals surface area contributed by atoms with Crippen LogP contribution in [0, 0.1) is 5.82 Å². The average molecular weight is 245 g/mol. The summed E-state index contributed by atoms with van der Waals surface area (Å²) in [6.45, 7) is 1.90. The minimum absolute atomic E-state index is 0.0506. The molecule has 0 radical (unpaired) electrons. The summed E-state index contributed by atoms with van der Waals surface area (Å²) < 4.78 is 13.6. The van der Waals surface area contributed by atoms with Gasteiger partial charge >= 0.3 is 0 Å². The van der Waals surface area contributed by atoms with E-state index in [-0.39, 0.29) is 11.9 Å². The lowest BCUT2D eigenvalue weighted by atomic mass is 10.1. The van der Waals surface area contributed by atoms with Crippen molar-refractivity contribution in [3.8, 4) is 0 Å². The van der Waals surface area contributed by atoms with Crippen molar-refractivity contribution >= 4 is 11.5 Å². The van der Waals surface area contributed by atoms with Crippen LogP contribution in [-0.4, -0.2) is 12.0 Å². The van der Waals surface area contributed by atoms with Gasteiger partial charge in [-0.25, -0.2) is 9.37 Å². The molecule has 4 heteroatoms. The van der Waals surface area contributed by atoms with Crippen molar-refractivity contribution in [2.45, 2.75) is 13.0 Å². The average Bonchev–Trinajstić information content (AvgIpc) is 2.38. The molecule has 1 aromatic heterocycles. The first kappa shape index (κ1) is 12.5. The maximum absolute atomic E-state index is 13.6. The van der Waals surface area contributed by atoms with Crippen LogP contribution in [0.1, 0.15) is 18.5 Å². The van der Waals surface area contributed by atoms with E-state index >= 15 is 0 Å². The van der Waals surface area contributed by atoms with Crippen molar-refractivity contribution in [2.24, 2.45) is 5.73 Å². The Labute approximate surface area is 106 Å². The first-order valence-electron chi connectivity index (χ1n) is 5.79. The minimum atomic E-state index is -0.266. The number of aromatic nitrogens is 1. The number of para-hydroxylation sites is 1. The molecule has 0 saturated heterocycles. The molecule has 0 aliphatic heterocycles. The number of anilines is 2. The molecule has 0 unspecified atom stereocenters. The summed E-state index contributed by atoms with van der Waals surface area (Å²) in [7, 11) is 1.78. The highest BCUT2D eigenvalue weighted by Crippen LogP contribution is 2.24. The zero-order chi connectivity index (χ0) is 13.1. The summed E-state index contributed by atoms with van der Waals surface area (Å²) >= 11 is 0. The predicted octanol–water partition coefficient (Wildman–Crippen LogP) is 3.01. The van der Waals surface area contributed by atoms with Crippen molar-refractivity contribution in [3.63, 3.8) is 0 Å². The molecule has 0 amide bonds. The molecule has 18 heavy (non-hydrogen) atoms. The topological polar surface area (TPSA) is 42.1 Å². The van der Waals surface area contributed by atoms with Crippen LogP contribution in [0.5, 0.6) is 0 Å². The molecule has 1 aromatic carbocycles. The molecule has 94 valence electrons. The lowest BCUT2D eigenvalue weighted by molar-refractivity contribution is 0.627. The Hall–Kier alpha value is -1.94. The molecule has 2 rings (SSSR count). The molecule has 0 fully saturated rings. The number of benzene rings is 1. The summed E-state index contributed by atoms with van der Waals surface area (Å²) in [4.78, 5) is 6.01. The number of halogens is 1. The van der Waals surface area contributed by atoms with E-state index in [2.05, 4.69) is 4.98 Å². The van der Waals surface area contributed by atoms with E-state index in [1.165, 1.54) is 6.07 Å². The first-order chi connectivity index (χ1) is 8.59. The summed E-state index contributed by atoms with van der Waals surface area (Å²) in [6.07, 6.45) is 1.72. The van der Waals surface area contributed by atoms with Gasteiger partial charge in [0.15, 0.2) is 0 Å². The lowest BCUT2D eigenvalue weighted by Crippen LogP contribution is -2.13. The van der Waals surface area contributed by atoms with Crippen molar-refractivity contribution < 1.29 is 4.39 Å². The van der Waals surface area contributed by atoms with Crippen LogP contribution in [-0.2, 0) is 0 Å². The third-order valence-corrected chi connectivity index (χ3v) is 2.85. The highest BCUT2D eigenvalue weighted by molar-refractivity contribution is 5.59. The molecule has 2 N–H and O–H groups in total. The quantitative estimate of drug-likeness (QED) is 0.903. The standard InChI is InChI=1S/C14H16FN3/c1-10(16)11-7-8-14(17-9-11)18(2)13-6-4-3-5-12(13)15/h3-10H,16H2,1-2H3/t10-/m0/s1. The Morgan fingerprint density at radius 1 is 1.22 bits per heavy atom. The summed E-state index contributed by atoms with van der Waals surface area (Å²) in [5.41, 5.74) is 7.22. The van der Waals surface area contributed by atoms with E-state index in [0.717, 1.165) is 5.56 Å². The van der Waals surface area contributed by atoms with Gasteiger partial charge in [-0.1, -0.05) is 18.2 Å². The highest BCUT2D eigenvalue weighted by Gasteiger charge is 2.10. The molecule has 0 aliphatic rings. The SMILES string of the molecule is C[C@H](N)c1ccc(N(C)c2ccccc2F)nc1. The Balaban J connectivity index is 2.29. The van der Waals surface area contributed by atoms with Crippen LogP contribution in [0.3, 0.4) is 0 Å². The van der Waals surface area contributed by atoms with Gasteiger partial charge in [-0.2, -0.15) is 0 Å². The largest absolute Gasteiger partial charge is 0.327 e. The first-order valence-corrected chi connectivity index (χ1v) is 5.79. The predicted molar refractivity (Wildman–Crippen MR) is 71.3 cm³/mol. The Morgan fingerprint density at radius 3 is 2.50 bits per heavy atom. The molecule has 0 aliphatic carbocycles. The zero-order valence-electron chi connectivity index (χ0n) is 10.5. The normalized spacial score (nSPS) is 12.2. The molecule has 2 aromatic rings. The van der Waals surface area contributed by atoms with Crippen LogP contribution in [0.15, 0.2) is 42.6 Å². The smallest absolute Gasteiger partial charge is 0.146 e. The van der Waals surface area contributed by atoms with E-state index in [1.807, 2.05) is 19.1 Å². The van der Waals surface area contributed by atoms with Gasteiger partial charge in [-0.05, 0) is 30.7 Å². The molecular weight excluding hydrogens is 229 g/mol. The van der Waals surface area contributed by atoms with Crippen LogP contribution in [0.2, 0.25) is 0 Å². The molecule has 1 atom stereocenters. The maximum atomic E-state index is 13.6. The van der Waals surface area contributed by atoms with E-state index in [9.17, 15) is 4.39 Å². The van der Waals surface area contributed by atoms with Gasteiger partial charge in [0.25, 0.3) is 0 Å². The minimum Gasteiger partial charge on any atom is -0.327 e. The fourth-order valence-electron chi connectivity index (χ4n) is 1.71. The van der Waals surface area contributed by atoms with E-state index in [4.69, 9.17) is 5.73 Å². The lowest BCUT2D eigenvalue weighted by Gasteiger charge is -2.19. The van der Waals surface area contributed by atoms with Crippen molar-refractivity contribution in [2.75, 3.05) is 11.9 Å². The second kappa shape index (κ2) is 5.14. The maximum Gasteiger partial charge on any atom is 0.146 e. The van der Waals surface area contributed by atoms with Gasteiger partial charge in [0.1, 0.15) is 11.6 Å². The van der Waals surface area contributed by atoms with Crippen molar-refractivity contribution in [1.29, 1.82) is 0 Å². The van der Waals surface area contributed by atoms with E-state index < -0.39 is 0 Å². The molecule has 0 spiro atoms. The summed E-state index contributed by atoms with van der Waals surface area (Å²) in [5.74, 6) is 0.419. The Kier molecular flexibility index (Phi) is 3.58. The van der Waals surface area contributed by atoms with Gasteiger partial charge < -0.3 is 10.6 Å². The number of nitrogens with zero attached hydrogens (tertiary/aromatic N) is 2. The summed E-state index contributed by atoms with van der Waals surface area (Å²) in [6, 6.07) is 10.3. The second-order valence-electron chi connectivity index (χ2n) is 4.25. The van der Waals surface area contributed by atoms with E-state index in [1.54, 1.807) is 36.3 Å². The Bertz CT molecular complexity index is 523. The van der Waals surface area contributed by atoms with Crippen LogP contribution in [0.25, 0.3) is 0 Å². The fraction of sp³-hybridized carbons (Fsp3) is 0.214. The van der Waals surface area contributed by atoms with Gasteiger partial charge in [-0.15, -0.1) is 0 Å². The van der Waals surface area contributed by atoms with Gasteiger partial charge in [0.2, 0.25) is 0 Å². The molecular formula is C14H16FN3. The number of nitrogens with two attached hydrogens (primary N) is 1. The third-order valence-electron chi connectivity index (χ3n) is 2.85. The number of pyridine rings is 1. The van der Waals surface area contributed by atoms with Gasteiger partial charge in [0, 0.05) is 19.3 Å². The second-order valence-corrected chi connectivity index (χ2v) is 4.25. The third kappa shape index (κ3) is 2.49. The number of hydrogen-bond acceptors (Lipinski definition) is 3. The van der Waals surface area contributed by atoms with Crippen LogP contribution >= 0.6 is 0 Å². The number of hydrogen-bond donors (Lipinski definition) is 1. The van der Waals surface area contributed by atoms with Crippen LogP contribution < -0.4 is 10.6 Å². The molecule has 0 bridgehead atoms. The summed E-state index contributed by atoms with van der Waals surface area (Å²) in [5, 5.41) is 0. The molecule has 1 heterocycles. The highest BCUT2D eigenvalue weighted by atomic mass is 19.1. The van der Waals surface area contributed by atoms with Gasteiger partial charge in [0.05, 0.1) is 5.69 Å². The monoisotopic (exact) mass is 245 g/mol. The van der Waals surface area contributed by atoms with Crippen LogP contribution in [0.4, 0.5) is 15.9 Å². The Morgan fingerprint density at radius 2 is 1.94 bits per heavy atom. The zero-order valence-corrected chi connectivity index (χ0v) is 10.5. The van der Waals surface area contributed by atoms with Crippen molar-refractivity contribution in [3.05, 3.63) is 54.0 Å². The fourth-order valence-corrected chi connectivity index (χ4v) is 1.71. The molecule has 0 saturated carbocycles. The molecule has 3 nitrogen and oxygen atoms in total. The number of rotatable bonds is 3. The van der Waals surface area contributed by atoms with E-state index in [0.29, 0.717) is 11.5 Å². The van der Waals surface area contributed by atoms with Crippen molar-refractivity contribution in [1.82, 2.24) is 4.98 Å². The van der Waals surface area contributed by atoms with Gasteiger partial charge in [-0.3, -0.25) is 0 Å².